The van der Waals surface area contributed by atoms with Gasteiger partial charge >= 0.3 is 5.97 Å². The van der Waals surface area contributed by atoms with Crippen molar-refractivity contribution < 1.29 is 48.0 Å². The summed E-state index contributed by atoms with van der Waals surface area (Å²) in [5.41, 5.74) is 1.88. The van der Waals surface area contributed by atoms with E-state index in [0.29, 0.717) is 57.8 Å². The van der Waals surface area contributed by atoms with E-state index in [9.17, 15) is 24.3 Å². The maximum atomic E-state index is 14.3. The first kappa shape index (κ1) is 45.3. The van der Waals surface area contributed by atoms with Crippen molar-refractivity contribution in [1.29, 1.82) is 0 Å². The van der Waals surface area contributed by atoms with Gasteiger partial charge in [0.25, 0.3) is 11.7 Å². The van der Waals surface area contributed by atoms with Crippen LogP contribution in [0.4, 0.5) is 0 Å². The number of carbonyl (C=O) groups excluding carboxylic acids is 4. The zero-order valence-electron chi connectivity index (χ0n) is 34.5. The maximum Gasteiger partial charge on any atom is 0.329 e. The molecule has 0 aromatic carbocycles. The predicted molar refractivity (Wildman–Crippen MR) is 210 cm³/mol. The lowest BCUT2D eigenvalue weighted by atomic mass is 9.80. The lowest BCUT2D eigenvalue weighted by Gasteiger charge is -2.47. The highest BCUT2D eigenvalue weighted by Gasteiger charge is 2.56. The van der Waals surface area contributed by atoms with Gasteiger partial charge in [-0.25, -0.2) is 4.79 Å². The first-order valence-corrected chi connectivity index (χ1v) is 20.8. The molecule has 310 valence electrons. The smallest absolute Gasteiger partial charge is 0.329 e. The van der Waals surface area contributed by atoms with Crippen molar-refractivity contribution in [1.82, 2.24) is 4.90 Å². The van der Waals surface area contributed by atoms with Gasteiger partial charge in [0, 0.05) is 45.6 Å². The summed E-state index contributed by atoms with van der Waals surface area (Å²) in [5, 5.41) is 11.9. The van der Waals surface area contributed by atoms with Crippen LogP contribution in [0.3, 0.4) is 0 Å². The third-order valence-electron chi connectivity index (χ3n) is 12.3. The van der Waals surface area contributed by atoms with E-state index < -0.39 is 59.8 Å². The Labute approximate surface area is 333 Å². The van der Waals surface area contributed by atoms with Crippen LogP contribution in [0.25, 0.3) is 0 Å². The fourth-order valence-corrected chi connectivity index (χ4v) is 9.45. The molecule has 3 aliphatic heterocycles. The van der Waals surface area contributed by atoms with E-state index in [4.69, 9.17) is 35.3 Å². The van der Waals surface area contributed by atoms with Gasteiger partial charge in [-0.1, -0.05) is 51.5 Å². The van der Waals surface area contributed by atoms with Gasteiger partial charge in [0.15, 0.2) is 5.78 Å². The number of aliphatic hydroxyl groups is 1. The fourth-order valence-electron chi connectivity index (χ4n) is 9.12. The molecule has 3 fully saturated rings. The Morgan fingerprint density at radius 1 is 0.909 bits per heavy atom. The van der Waals surface area contributed by atoms with Crippen LogP contribution in [0, 0.1) is 29.6 Å². The number of amides is 1. The number of rotatable bonds is 5. The highest BCUT2D eigenvalue weighted by atomic mass is 35.5. The molecule has 2 bridgehead atoms. The molecule has 2 saturated heterocycles. The monoisotopic (exact) mass is 791 g/mol. The van der Waals surface area contributed by atoms with Crippen molar-refractivity contribution in [2.24, 2.45) is 29.6 Å². The quantitative estimate of drug-likeness (QED) is 0.142. The number of ether oxygens (including phenoxy) is 5. The molecule has 12 heteroatoms. The molecule has 0 spiro atoms. The minimum atomic E-state index is -2.47. The summed E-state index contributed by atoms with van der Waals surface area (Å²) in [5.74, 6) is -6.42. The normalized spacial score (nSPS) is 42.0. The fraction of sp³-hybridized carbons (Fsp3) is 0.767. The summed E-state index contributed by atoms with van der Waals surface area (Å²) >= 11 is 6.61. The summed E-state index contributed by atoms with van der Waals surface area (Å²) in [6.07, 6.45) is 10.3. The second-order valence-electron chi connectivity index (χ2n) is 16.6. The van der Waals surface area contributed by atoms with Crippen LogP contribution in [-0.2, 0) is 42.9 Å². The molecule has 1 unspecified atom stereocenters. The number of hydrogen-bond donors (Lipinski definition) is 1. The van der Waals surface area contributed by atoms with Crippen LogP contribution in [0.2, 0.25) is 0 Å². The molecule has 1 amide bonds. The van der Waals surface area contributed by atoms with E-state index >= 15 is 0 Å². The average molecular weight is 792 g/mol. The van der Waals surface area contributed by atoms with Crippen LogP contribution in [0.5, 0.6) is 0 Å². The first-order chi connectivity index (χ1) is 26.1. The molecule has 4 rings (SSSR count). The molecule has 11 nitrogen and oxygen atoms in total. The molecule has 13 atom stereocenters. The molecule has 55 heavy (non-hydrogen) atoms. The highest BCUT2D eigenvalue weighted by Crippen LogP contribution is 2.40. The third kappa shape index (κ3) is 11.0. The van der Waals surface area contributed by atoms with Gasteiger partial charge in [0.05, 0.1) is 23.7 Å². The molecular weight excluding hydrogens is 726 g/mol. The van der Waals surface area contributed by atoms with Crippen LogP contribution in [-0.4, -0.2) is 109 Å². The van der Waals surface area contributed by atoms with Crippen LogP contribution in [0.15, 0.2) is 35.5 Å². The molecule has 0 aromatic heterocycles. The van der Waals surface area contributed by atoms with Crippen molar-refractivity contribution >= 4 is 35.0 Å². The van der Waals surface area contributed by atoms with Crippen LogP contribution < -0.4 is 0 Å². The number of piperidine rings is 1. The second kappa shape index (κ2) is 20.3. The summed E-state index contributed by atoms with van der Waals surface area (Å²) in [6.45, 7) is 11.8. The van der Waals surface area contributed by atoms with Gasteiger partial charge in [-0.05, 0) is 102 Å². The van der Waals surface area contributed by atoms with Crippen molar-refractivity contribution in [3.8, 4) is 0 Å². The number of hydrogen-bond acceptors (Lipinski definition) is 10. The van der Waals surface area contributed by atoms with E-state index in [1.165, 1.54) is 4.90 Å². The van der Waals surface area contributed by atoms with E-state index in [2.05, 4.69) is 6.92 Å². The summed E-state index contributed by atoms with van der Waals surface area (Å²) in [4.78, 5) is 57.5. The number of carbonyl (C=O) groups is 4. The summed E-state index contributed by atoms with van der Waals surface area (Å²) in [7, 11) is 4.73. The standard InChI is InChI=1S/C43H66ClNO10/c1-10-30-21-26(3)19-27(4)22-36(52-8)39-37(53-9)23-29(6)43(50,55-39)40(47)41(48)45-18-12-11-13-33(45)42(49)54-38(28(5)20-25(2)14-17-34(30)46)31-15-16-32(44)35(24-31)51-7/h14,17,20-21,25,27,29-33,35-39,50H,10-13,15-16,18-19,22-24H2,1-9H3/b17-14+,26-21+,28-20+/t25-,27+,29-,30-,31-,32+,33+,35-,36+,37+,38?,39-,43-/m1/s1. The first-order valence-electron chi connectivity index (χ1n) is 20.3. The molecule has 0 radical (unpaired) electrons. The Morgan fingerprint density at radius 2 is 1.58 bits per heavy atom. The topological polar surface area (TPSA) is 138 Å². The number of methoxy groups -OCH3 is 3. The molecule has 3 heterocycles. The minimum absolute atomic E-state index is 0.0191. The molecule has 1 saturated carbocycles. The Hall–Kier alpha value is -2.41. The lowest BCUT2D eigenvalue weighted by molar-refractivity contribution is -0.302. The van der Waals surface area contributed by atoms with Gasteiger partial charge < -0.3 is 33.7 Å². The Bertz CT molecular complexity index is 1450. The number of esters is 1. The average Bonchev–Trinajstić information content (AvgIpc) is 3.17. The largest absolute Gasteiger partial charge is 0.456 e. The van der Waals surface area contributed by atoms with Crippen molar-refractivity contribution in [3.63, 3.8) is 0 Å². The van der Waals surface area contributed by atoms with Crippen LogP contribution in [0.1, 0.15) is 106 Å². The number of fused-ring (bicyclic) bond motifs is 3. The minimum Gasteiger partial charge on any atom is -0.456 e. The van der Waals surface area contributed by atoms with Crippen LogP contribution >= 0.6 is 11.6 Å². The summed E-state index contributed by atoms with van der Waals surface area (Å²) < 4.78 is 30.1. The third-order valence-corrected chi connectivity index (χ3v) is 12.8. The van der Waals surface area contributed by atoms with Gasteiger partial charge in [0.2, 0.25) is 5.79 Å². The number of nitrogens with zero attached hydrogens (tertiary/aromatic N) is 1. The van der Waals surface area contributed by atoms with E-state index in [-0.39, 0.29) is 53.9 Å². The van der Waals surface area contributed by atoms with Crippen molar-refractivity contribution in [2.45, 2.75) is 153 Å². The zero-order valence-corrected chi connectivity index (χ0v) is 35.2. The zero-order chi connectivity index (χ0) is 40.6. The van der Waals surface area contributed by atoms with Crippen molar-refractivity contribution in [2.75, 3.05) is 27.9 Å². The van der Waals surface area contributed by atoms with Gasteiger partial charge in [-0.15, -0.1) is 11.6 Å². The van der Waals surface area contributed by atoms with Gasteiger partial charge in [-0.2, -0.15) is 0 Å². The number of ketones is 2. The Kier molecular flexibility index (Phi) is 16.7. The lowest BCUT2D eigenvalue weighted by Crippen LogP contribution is -2.64. The number of alkyl halides is 1. The van der Waals surface area contributed by atoms with E-state index in [1.807, 2.05) is 45.9 Å². The predicted octanol–water partition coefficient (Wildman–Crippen LogP) is 6.52. The van der Waals surface area contributed by atoms with E-state index in [1.54, 1.807) is 34.3 Å². The number of Topliss-reactive ketones (excluding diaryl/α,β-unsaturated/α-hetero) is 1. The summed E-state index contributed by atoms with van der Waals surface area (Å²) in [6, 6.07) is -1.03. The number of cyclic esters (lactones) is 1. The molecule has 1 N–H and O–H groups in total. The van der Waals surface area contributed by atoms with E-state index in [0.717, 1.165) is 11.1 Å². The highest BCUT2D eigenvalue weighted by molar-refractivity contribution is 6.39. The molecule has 0 aromatic rings. The molecule has 4 aliphatic rings. The number of halogens is 1. The Morgan fingerprint density at radius 3 is 2.24 bits per heavy atom. The van der Waals surface area contributed by atoms with Gasteiger partial charge in [-0.3, -0.25) is 14.4 Å². The Balaban J connectivity index is 1.77. The van der Waals surface area contributed by atoms with Gasteiger partial charge in [0.1, 0.15) is 18.2 Å². The van der Waals surface area contributed by atoms with Crippen molar-refractivity contribution in [3.05, 3.63) is 35.5 Å². The maximum absolute atomic E-state index is 14.3. The SMILES string of the molecule is CC[C@@H]1/C=C(\C)C[C@H](C)C[C@H](OC)[C@H]2O[C@@](O)(C(=O)C(=O)N3CCCC[C@H]3C(=O)OC([C@@H]3CC[C@H](Cl)[C@H](OC)C3)/C(C)=C/[C@H](C)/C=C/C1=O)[C@H](C)C[C@@H]2OC. The number of allylic oxidation sites excluding steroid dienone is 5. The molecular formula is C43H66ClNO10. The molecule has 1 aliphatic carbocycles. The second-order valence-corrected chi connectivity index (χ2v) is 17.2.